The van der Waals surface area contributed by atoms with Crippen LogP contribution in [0.25, 0.3) is 10.8 Å². The fourth-order valence-corrected chi connectivity index (χ4v) is 1.66. The first kappa shape index (κ1) is 9.80. The van der Waals surface area contributed by atoms with Gasteiger partial charge in [-0.05, 0) is 29.7 Å². The molecule has 0 saturated carbocycles. The van der Waals surface area contributed by atoms with E-state index in [0.29, 0.717) is 15.8 Å². The van der Waals surface area contributed by atoms with Crippen molar-refractivity contribution < 1.29 is 15.0 Å². The molecule has 0 heterocycles. The lowest BCUT2D eigenvalue weighted by atomic mass is 10.0. The minimum atomic E-state index is -1.03. The molecule has 0 aromatic heterocycles. The van der Waals surface area contributed by atoms with E-state index in [-0.39, 0.29) is 11.3 Å². The second-order valence-electron chi connectivity index (χ2n) is 3.13. The third kappa shape index (κ3) is 1.62. The van der Waals surface area contributed by atoms with Gasteiger partial charge in [-0.15, -0.1) is 0 Å². The summed E-state index contributed by atoms with van der Waals surface area (Å²) in [6.45, 7) is 0. The molecule has 2 aromatic carbocycles. The molecule has 0 bridgehead atoms. The Bertz CT molecular complexity index is 549. The van der Waals surface area contributed by atoms with Gasteiger partial charge in [0.15, 0.2) is 0 Å². The number of hydrogen-bond acceptors (Lipinski definition) is 2. The maximum absolute atomic E-state index is 10.9. The van der Waals surface area contributed by atoms with Crippen molar-refractivity contribution in [1.29, 1.82) is 0 Å². The van der Waals surface area contributed by atoms with E-state index in [4.69, 9.17) is 16.7 Å². The Balaban J connectivity index is 2.88. The molecular weight excluding hydrogens is 216 g/mol. The van der Waals surface area contributed by atoms with Gasteiger partial charge in [0.2, 0.25) is 0 Å². The van der Waals surface area contributed by atoms with Crippen LogP contribution in [0.1, 0.15) is 10.4 Å². The van der Waals surface area contributed by atoms with E-state index in [1.807, 2.05) is 0 Å². The van der Waals surface area contributed by atoms with Crippen molar-refractivity contribution in [2.45, 2.75) is 0 Å². The summed E-state index contributed by atoms with van der Waals surface area (Å²) in [6.07, 6.45) is 0. The average Bonchev–Trinajstić information content (AvgIpc) is 2.19. The van der Waals surface area contributed by atoms with E-state index < -0.39 is 5.97 Å². The number of phenols is 1. The fraction of sp³-hybridized carbons (Fsp3) is 0. The SMILES string of the molecule is O=C(O)c1ccc(O)c2cc(Cl)ccc12. The van der Waals surface area contributed by atoms with Gasteiger partial charge >= 0.3 is 5.97 Å². The Kier molecular flexibility index (Phi) is 2.25. The summed E-state index contributed by atoms with van der Waals surface area (Å²) >= 11 is 5.76. The molecule has 0 spiro atoms. The van der Waals surface area contributed by atoms with Gasteiger partial charge in [0.25, 0.3) is 0 Å². The first-order chi connectivity index (χ1) is 7.09. The highest BCUT2D eigenvalue weighted by atomic mass is 35.5. The first-order valence-electron chi connectivity index (χ1n) is 4.24. The number of fused-ring (bicyclic) bond motifs is 1. The Hall–Kier alpha value is -1.74. The van der Waals surface area contributed by atoms with Crippen molar-refractivity contribution in [2.75, 3.05) is 0 Å². The predicted octanol–water partition coefficient (Wildman–Crippen LogP) is 2.90. The quantitative estimate of drug-likeness (QED) is 0.780. The van der Waals surface area contributed by atoms with E-state index in [1.165, 1.54) is 12.1 Å². The standard InChI is InChI=1S/C11H7ClO3/c12-6-1-2-7-8(11(14)15)3-4-10(13)9(7)5-6/h1-5,13H,(H,14,15). The topological polar surface area (TPSA) is 57.5 Å². The summed E-state index contributed by atoms with van der Waals surface area (Å²) in [7, 11) is 0. The van der Waals surface area contributed by atoms with Crippen molar-refractivity contribution in [3.8, 4) is 5.75 Å². The third-order valence-corrected chi connectivity index (χ3v) is 2.42. The first-order valence-corrected chi connectivity index (χ1v) is 4.62. The molecule has 0 fully saturated rings. The maximum Gasteiger partial charge on any atom is 0.336 e. The summed E-state index contributed by atoms with van der Waals surface area (Å²) in [5.41, 5.74) is 0.152. The fourth-order valence-electron chi connectivity index (χ4n) is 1.49. The number of carbonyl (C=O) groups is 1. The van der Waals surface area contributed by atoms with E-state index in [9.17, 15) is 9.90 Å². The van der Waals surface area contributed by atoms with Crippen LogP contribution in [0.5, 0.6) is 5.75 Å². The van der Waals surface area contributed by atoms with Crippen LogP contribution in [0.4, 0.5) is 0 Å². The van der Waals surface area contributed by atoms with Crippen molar-refractivity contribution in [1.82, 2.24) is 0 Å². The van der Waals surface area contributed by atoms with E-state index in [1.54, 1.807) is 18.2 Å². The molecular formula is C11H7ClO3. The zero-order valence-electron chi connectivity index (χ0n) is 7.57. The molecule has 2 rings (SSSR count). The number of hydrogen-bond donors (Lipinski definition) is 2. The summed E-state index contributed by atoms with van der Waals surface area (Å²) in [4.78, 5) is 10.9. The van der Waals surface area contributed by atoms with Gasteiger partial charge in [-0.3, -0.25) is 0 Å². The average molecular weight is 223 g/mol. The van der Waals surface area contributed by atoms with Gasteiger partial charge in [-0.2, -0.15) is 0 Å². The number of aromatic carboxylic acids is 1. The molecule has 2 N–H and O–H groups in total. The molecule has 0 unspecified atom stereocenters. The molecule has 0 amide bonds. The molecule has 4 heteroatoms. The van der Waals surface area contributed by atoms with E-state index in [0.717, 1.165) is 0 Å². The minimum absolute atomic E-state index is 0.0255. The van der Waals surface area contributed by atoms with E-state index >= 15 is 0 Å². The summed E-state index contributed by atoms with van der Waals surface area (Å²) in [6, 6.07) is 7.44. The number of rotatable bonds is 1. The van der Waals surface area contributed by atoms with Crippen LogP contribution in [-0.4, -0.2) is 16.2 Å². The second kappa shape index (κ2) is 3.44. The molecule has 15 heavy (non-hydrogen) atoms. The third-order valence-electron chi connectivity index (χ3n) is 2.19. The molecule has 0 atom stereocenters. The molecule has 2 aromatic rings. The monoisotopic (exact) mass is 222 g/mol. The van der Waals surface area contributed by atoms with Gasteiger partial charge in [0.05, 0.1) is 5.56 Å². The maximum atomic E-state index is 10.9. The highest BCUT2D eigenvalue weighted by Gasteiger charge is 2.10. The minimum Gasteiger partial charge on any atom is -0.507 e. The zero-order valence-corrected chi connectivity index (χ0v) is 8.32. The number of phenolic OH excluding ortho intramolecular Hbond substituents is 1. The predicted molar refractivity (Wildman–Crippen MR) is 57.6 cm³/mol. The highest BCUT2D eigenvalue weighted by molar-refractivity contribution is 6.31. The van der Waals surface area contributed by atoms with Crippen molar-refractivity contribution in [3.05, 3.63) is 40.9 Å². The number of carboxylic acids is 1. The van der Waals surface area contributed by atoms with Gasteiger partial charge in [0.1, 0.15) is 5.75 Å². The van der Waals surface area contributed by atoms with Crippen LogP contribution < -0.4 is 0 Å². The molecule has 0 saturated heterocycles. The molecule has 0 aliphatic carbocycles. The smallest absolute Gasteiger partial charge is 0.336 e. The Labute approximate surface area is 90.5 Å². The largest absolute Gasteiger partial charge is 0.507 e. The molecule has 0 aliphatic heterocycles. The molecule has 0 aliphatic rings. The van der Waals surface area contributed by atoms with Crippen molar-refractivity contribution in [2.24, 2.45) is 0 Å². The number of aromatic hydroxyl groups is 1. The molecule has 3 nitrogen and oxygen atoms in total. The van der Waals surface area contributed by atoms with Crippen LogP contribution in [0.2, 0.25) is 5.02 Å². The Morgan fingerprint density at radius 3 is 2.53 bits per heavy atom. The number of halogens is 1. The van der Waals surface area contributed by atoms with Crippen LogP contribution in [-0.2, 0) is 0 Å². The summed E-state index contributed by atoms with van der Waals surface area (Å²) in [5.74, 6) is -1.00. The summed E-state index contributed by atoms with van der Waals surface area (Å²) < 4.78 is 0. The van der Waals surface area contributed by atoms with Gasteiger partial charge < -0.3 is 10.2 Å². The van der Waals surface area contributed by atoms with Crippen molar-refractivity contribution in [3.63, 3.8) is 0 Å². The van der Waals surface area contributed by atoms with Gasteiger partial charge in [-0.1, -0.05) is 17.7 Å². The highest BCUT2D eigenvalue weighted by Crippen LogP contribution is 2.29. The van der Waals surface area contributed by atoms with E-state index in [2.05, 4.69) is 0 Å². The van der Waals surface area contributed by atoms with Crippen LogP contribution in [0, 0.1) is 0 Å². The number of benzene rings is 2. The molecule has 0 radical (unpaired) electrons. The normalized spacial score (nSPS) is 10.5. The summed E-state index contributed by atoms with van der Waals surface area (Å²) in [5, 5.41) is 19.9. The van der Waals surface area contributed by atoms with Crippen molar-refractivity contribution >= 4 is 28.3 Å². The van der Waals surface area contributed by atoms with Crippen LogP contribution in [0.15, 0.2) is 30.3 Å². The van der Waals surface area contributed by atoms with Gasteiger partial charge in [0, 0.05) is 10.4 Å². The number of carboxylic acid groups (broad SMARTS) is 1. The van der Waals surface area contributed by atoms with Crippen LogP contribution in [0.3, 0.4) is 0 Å². The van der Waals surface area contributed by atoms with Crippen LogP contribution >= 0.6 is 11.6 Å². The molecule has 76 valence electrons. The lowest BCUT2D eigenvalue weighted by Crippen LogP contribution is -1.97. The van der Waals surface area contributed by atoms with Gasteiger partial charge in [-0.25, -0.2) is 4.79 Å². The zero-order chi connectivity index (χ0) is 11.0. The second-order valence-corrected chi connectivity index (χ2v) is 3.56. The lowest BCUT2D eigenvalue weighted by molar-refractivity contribution is 0.0699. The Morgan fingerprint density at radius 2 is 1.87 bits per heavy atom. The Morgan fingerprint density at radius 1 is 1.13 bits per heavy atom. The lowest BCUT2D eigenvalue weighted by Gasteiger charge is -2.04.